The Kier molecular flexibility index (Phi) is 8.17. The number of esters is 1. The predicted octanol–water partition coefficient (Wildman–Crippen LogP) is 5.39. The summed E-state index contributed by atoms with van der Waals surface area (Å²) in [5.74, 6) is -0.535. The molecule has 0 radical (unpaired) electrons. The third-order valence-electron chi connectivity index (χ3n) is 7.53. The summed E-state index contributed by atoms with van der Waals surface area (Å²) in [6.45, 7) is 4.92. The second-order valence-corrected chi connectivity index (χ2v) is 11.9. The maximum Gasteiger partial charge on any atom is 0.338 e. The molecule has 9 heteroatoms. The van der Waals surface area contributed by atoms with E-state index in [9.17, 15) is 9.59 Å². The van der Waals surface area contributed by atoms with Gasteiger partial charge in [-0.15, -0.1) is 0 Å². The zero-order chi connectivity index (χ0) is 30.1. The number of rotatable bonds is 8. The molecule has 0 saturated carbocycles. The molecule has 3 aromatic carbocycles. The number of carbonyl (C=O) groups excluding carboxylic acids is 1. The maximum atomic E-state index is 14.1. The van der Waals surface area contributed by atoms with Gasteiger partial charge in [-0.2, -0.15) is 0 Å². The summed E-state index contributed by atoms with van der Waals surface area (Å²) in [6.07, 6.45) is 4.01. The largest absolute Gasteiger partial charge is 0.460 e. The normalized spacial score (nSPS) is 15.1. The van der Waals surface area contributed by atoms with Crippen LogP contribution in [-0.4, -0.2) is 35.4 Å². The van der Waals surface area contributed by atoms with Gasteiger partial charge >= 0.3 is 5.97 Å². The minimum absolute atomic E-state index is 0.0938. The van der Waals surface area contributed by atoms with Crippen molar-refractivity contribution in [2.24, 2.45) is 4.99 Å². The second-order valence-electron chi connectivity index (χ2n) is 10.5. The average molecular weight is 612 g/mol. The van der Waals surface area contributed by atoms with Crippen molar-refractivity contribution in [3.63, 3.8) is 0 Å². The van der Waals surface area contributed by atoms with Crippen LogP contribution in [0.3, 0.4) is 0 Å². The van der Waals surface area contributed by atoms with Crippen molar-refractivity contribution in [1.29, 1.82) is 0 Å². The third-order valence-corrected chi connectivity index (χ3v) is 8.76. The van der Waals surface area contributed by atoms with Crippen LogP contribution in [0.4, 0.5) is 0 Å². The highest BCUT2D eigenvalue weighted by Gasteiger charge is 2.33. The number of hydrogen-bond acceptors (Lipinski definition) is 6. The summed E-state index contributed by atoms with van der Waals surface area (Å²) in [7, 11) is 1.54. The summed E-state index contributed by atoms with van der Waals surface area (Å²) in [4.78, 5) is 32.7. The molecule has 5 aromatic rings. The molecule has 0 amide bonds. The van der Waals surface area contributed by atoms with E-state index >= 15 is 0 Å². The lowest BCUT2D eigenvalue weighted by Gasteiger charge is -2.24. The minimum Gasteiger partial charge on any atom is -0.460 e. The van der Waals surface area contributed by atoms with Gasteiger partial charge in [0.2, 0.25) is 0 Å². The Morgan fingerprint density at radius 1 is 1.02 bits per heavy atom. The predicted molar refractivity (Wildman–Crippen MR) is 170 cm³/mol. The number of fused-ring (bicyclic) bond motifs is 2. The lowest BCUT2D eigenvalue weighted by Crippen LogP contribution is -2.40. The van der Waals surface area contributed by atoms with Crippen molar-refractivity contribution in [2.45, 2.75) is 26.4 Å². The summed E-state index contributed by atoms with van der Waals surface area (Å²) >= 11 is 7.49. The van der Waals surface area contributed by atoms with E-state index in [-0.39, 0.29) is 18.8 Å². The fourth-order valence-corrected chi connectivity index (χ4v) is 6.55. The molecule has 2 aromatic heterocycles. The summed E-state index contributed by atoms with van der Waals surface area (Å²) in [6, 6.07) is 23.1. The molecular weight excluding hydrogens is 582 g/mol. The van der Waals surface area contributed by atoms with Crippen molar-refractivity contribution in [1.82, 2.24) is 9.13 Å². The maximum absolute atomic E-state index is 14.1. The van der Waals surface area contributed by atoms with Gasteiger partial charge in [0.05, 0.1) is 28.5 Å². The van der Waals surface area contributed by atoms with E-state index in [1.54, 1.807) is 30.7 Å². The molecule has 3 heterocycles. The zero-order valence-corrected chi connectivity index (χ0v) is 25.6. The molecule has 1 aliphatic heterocycles. The van der Waals surface area contributed by atoms with Crippen LogP contribution in [0.1, 0.15) is 35.2 Å². The first-order chi connectivity index (χ1) is 20.8. The number of methoxy groups -OCH3 is 1. The highest BCUT2D eigenvalue weighted by atomic mass is 35.5. The van der Waals surface area contributed by atoms with Crippen LogP contribution in [0.5, 0.6) is 0 Å². The van der Waals surface area contributed by atoms with E-state index in [1.165, 1.54) is 22.5 Å². The van der Waals surface area contributed by atoms with Gasteiger partial charge in [0.1, 0.15) is 6.61 Å². The highest BCUT2D eigenvalue weighted by molar-refractivity contribution is 7.07. The fraction of sp³-hybridized carbons (Fsp3) is 0.206. The number of aromatic nitrogens is 2. The van der Waals surface area contributed by atoms with Gasteiger partial charge in [0.15, 0.2) is 4.80 Å². The molecule has 43 heavy (non-hydrogen) atoms. The Morgan fingerprint density at radius 2 is 1.77 bits per heavy atom. The van der Waals surface area contributed by atoms with Crippen molar-refractivity contribution in [3.8, 4) is 0 Å². The number of benzene rings is 3. The van der Waals surface area contributed by atoms with Crippen LogP contribution >= 0.6 is 22.9 Å². The van der Waals surface area contributed by atoms with E-state index in [0.29, 0.717) is 32.2 Å². The van der Waals surface area contributed by atoms with Crippen LogP contribution in [0.15, 0.2) is 100 Å². The van der Waals surface area contributed by atoms with Crippen LogP contribution < -0.4 is 14.9 Å². The Hall–Kier alpha value is -4.24. The van der Waals surface area contributed by atoms with Gasteiger partial charge in [-0.3, -0.25) is 9.36 Å². The Morgan fingerprint density at radius 3 is 2.51 bits per heavy atom. The molecule has 1 aliphatic rings. The first-order valence-corrected chi connectivity index (χ1v) is 15.1. The molecule has 0 N–H and O–H groups in total. The molecule has 0 bridgehead atoms. The standard InChI is InChI=1S/C34H30ClN3O4S/c1-21-8-10-23(11-9-21)19-37-20-25(27-6-4-5-7-28(27)37)18-29-32(39)38-31(24-12-14-26(35)15-13-24)30(22(2)36-34(38)43-29)33(40)42-17-16-41-3/h4-15,18,20,31H,16-17,19H2,1-3H3. The zero-order valence-electron chi connectivity index (χ0n) is 24.0. The number of aryl methyl sites for hydroxylation is 1. The second kappa shape index (κ2) is 12.2. The van der Waals surface area contributed by atoms with E-state index in [1.807, 2.05) is 30.3 Å². The number of thiazole rings is 1. The molecule has 6 rings (SSSR count). The van der Waals surface area contributed by atoms with Gasteiger partial charge in [0, 0.05) is 41.3 Å². The number of allylic oxidation sites excluding steroid dienone is 1. The topological polar surface area (TPSA) is 74.8 Å². The monoisotopic (exact) mass is 611 g/mol. The Bertz CT molecular complexity index is 2040. The van der Waals surface area contributed by atoms with Gasteiger partial charge in [-0.05, 0) is 49.2 Å². The number of para-hydroxylation sites is 1. The van der Waals surface area contributed by atoms with E-state index in [4.69, 9.17) is 26.1 Å². The minimum atomic E-state index is -0.714. The highest BCUT2D eigenvalue weighted by Crippen LogP contribution is 2.31. The van der Waals surface area contributed by atoms with E-state index in [0.717, 1.165) is 22.0 Å². The van der Waals surface area contributed by atoms with Gasteiger partial charge in [-0.25, -0.2) is 9.79 Å². The van der Waals surface area contributed by atoms with Gasteiger partial charge in [-0.1, -0.05) is 83.1 Å². The van der Waals surface area contributed by atoms with Crippen LogP contribution in [0.2, 0.25) is 5.02 Å². The molecule has 7 nitrogen and oxygen atoms in total. The van der Waals surface area contributed by atoms with Crippen LogP contribution in [-0.2, 0) is 20.8 Å². The van der Waals surface area contributed by atoms with Crippen molar-refractivity contribution >= 4 is 45.9 Å². The first kappa shape index (κ1) is 28.9. The molecule has 0 aliphatic carbocycles. The third kappa shape index (κ3) is 5.73. The number of nitrogens with zero attached hydrogens (tertiary/aromatic N) is 3. The summed E-state index contributed by atoms with van der Waals surface area (Å²) in [5.41, 5.74) is 5.76. The van der Waals surface area contributed by atoms with Gasteiger partial charge < -0.3 is 14.0 Å². The average Bonchev–Trinajstić information content (AvgIpc) is 3.50. The van der Waals surface area contributed by atoms with Crippen LogP contribution in [0.25, 0.3) is 17.0 Å². The number of ether oxygens (including phenoxy) is 2. The summed E-state index contributed by atoms with van der Waals surface area (Å²) in [5, 5.41) is 1.61. The Balaban J connectivity index is 1.47. The quantitative estimate of drug-likeness (QED) is 0.174. The molecule has 1 unspecified atom stereocenters. The lowest BCUT2D eigenvalue weighted by molar-refractivity contribution is -0.140. The lowest BCUT2D eigenvalue weighted by atomic mass is 9.96. The SMILES string of the molecule is COCCOC(=O)C1=C(C)N=c2sc(=Cc3cn(Cc4ccc(C)cc4)c4ccccc34)c(=O)n2C1c1ccc(Cl)cc1. The molecule has 0 saturated heterocycles. The molecular formula is C34H30ClN3O4S. The van der Waals surface area contributed by atoms with Crippen molar-refractivity contribution < 1.29 is 14.3 Å². The Labute approximate surface area is 257 Å². The molecule has 0 fully saturated rings. The number of halogens is 1. The van der Waals surface area contributed by atoms with Crippen molar-refractivity contribution in [3.05, 3.63) is 137 Å². The first-order valence-electron chi connectivity index (χ1n) is 13.9. The molecule has 1 atom stereocenters. The molecule has 0 spiro atoms. The van der Waals surface area contributed by atoms with Gasteiger partial charge in [0.25, 0.3) is 5.56 Å². The molecule has 218 valence electrons. The van der Waals surface area contributed by atoms with E-state index in [2.05, 4.69) is 54.1 Å². The number of carbonyl (C=O) groups is 1. The van der Waals surface area contributed by atoms with E-state index < -0.39 is 12.0 Å². The summed E-state index contributed by atoms with van der Waals surface area (Å²) < 4.78 is 14.9. The van der Waals surface area contributed by atoms with Crippen LogP contribution in [0, 0.1) is 6.92 Å². The number of hydrogen-bond donors (Lipinski definition) is 0. The van der Waals surface area contributed by atoms with Crippen molar-refractivity contribution in [2.75, 3.05) is 20.3 Å². The fourth-order valence-electron chi connectivity index (χ4n) is 5.39. The smallest absolute Gasteiger partial charge is 0.338 e.